The van der Waals surface area contributed by atoms with Crippen LogP contribution in [0.15, 0.2) is 24.3 Å². The monoisotopic (exact) mass is 331 g/mol. The van der Waals surface area contributed by atoms with Crippen molar-refractivity contribution in [2.45, 2.75) is 25.8 Å². The molecule has 0 amide bonds. The zero-order valence-electron chi connectivity index (χ0n) is 11.3. The van der Waals surface area contributed by atoms with Crippen molar-refractivity contribution in [3.05, 3.63) is 45.0 Å². The van der Waals surface area contributed by atoms with Gasteiger partial charge in [0, 0.05) is 15.8 Å². The van der Waals surface area contributed by atoms with Gasteiger partial charge in [-0.2, -0.15) is 0 Å². The first-order valence-corrected chi connectivity index (χ1v) is 8.06. The summed E-state index contributed by atoms with van der Waals surface area (Å²) in [7, 11) is 1.96. The molecule has 0 aliphatic carbocycles. The average Bonchev–Trinajstić information content (AvgIpc) is 2.91. The predicted molar refractivity (Wildman–Crippen MR) is 86.4 cm³/mol. The molecule has 1 nitrogen and oxygen atoms in total. The highest BCUT2D eigenvalue weighted by molar-refractivity contribution is 7.15. The van der Waals surface area contributed by atoms with E-state index in [2.05, 4.69) is 18.3 Å². The van der Waals surface area contributed by atoms with Crippen molar-refractivity contribution in [1.29, 1.82) is 0 Å². The topological polar surface area (TPSA) is 12.0 Å². The Balaban J connectivity index is 2.33. The highest BCUT2D eigenvalue weighted by Gasteiger charge is 2.14. The fourth-order valence-corrected chi connectivity index (χ4v) is 3.74. The maximum absolute atomic E-state index is 13.4. The summed E-state index contributed by atoms with van der Waals surface area (Å²) in [5.41, 5.74) is 0.851. The molecule has 1 heterocycles. The largest absolute Gasteiger partial charge is 0.312 e. The first-order valence-electron chi connectivity index (χ1n) is 6.48. The standard InChI is InChI=1S/C15H16Cl2FNS/c1-3-4-12(19-2)14-6-5-13(20-14)9-7-10(16)15(18)11(17)8-9/h5-8,12,19H,3-4H2,1-2H3. The van der Waals surface area contributed by atoms with Crippen LogP contribution in [-0.2, 0) is 0 Å². The Bertz CT molecular complexity index is 574. The molecule has 5 heteroatoms. The van der Waals surface area contributed by atoms with E-state index in [4.69, 9.17) is 23.2 Å². The summed E-state index contributed by atoms with van der Waals surface area (Å²) in [5.74, 6) is -0.562. The molecule has 1 aromatic heterocycles. The Labute approximate surface area is 132 Å². The zero-order chi connectivity index (χ0) is 14.7. The minimum absolute atomic E-state index is 0.0566. The van der Waals surface area contributed by atoms with E-state index >= 15 is 0 Å². The van der Waals surface area contributed by atoms with Crippen molar-refractivity contribution in [3.63, 3.8) is 0 Å². The highest BCUT2D eigenvalue weighted by atomic mass is 35.5. The fourth-order valence-electron chi connectivity index (χ4n) is 2.11. The minimum atomic E-state index is -0.562. The lowest BCUT2D eigenvalue weighted by molar-refractivity contribution is 0.550. The van der Waals surface area contributed by atoms with E-state index in [0.29, 0.717) is 6.04 Å². The van der Waals surface area contributed by atoms with E-state index in [9.17, 15) is 4.39 Å². The average molecular weight is 332 g/mol. The SMILES string of the molecule is CCCC(NC)c1ccc(-c2cc(Cl)c(F)c(Cl)c2)s1. The molecule has 1 aromatic carbocycles. The summed E-state index contributed by atoms with van der Waals surface area (Å²) in [5, 5.41) is 3.43. The summed E-state index contributed by atoms with van der Waals surface area (Å²) in [6.07, 6.45) is 2.20. The van der Waals surface area contributed by atoms with Gasteiger partial charge < -0.3 is 5.32 Å². The lowest BCUT2D eigenvalue weighted by Gasteiger charge is -2.12. The molecule has 20 heavy (non-hydrogen) atoms. The molecule has 0 saturated carbocycles. The van der Waals surface area contributed by atoms with Crippen molar-refractivity contribution >= 4 is 34.5 Å². The van der Waals surface area contributed by atoms with Gasteiger partial charge in [-0.3, -0.25) is 0 Å². The van der Waals surface area contributed by atoms with Crippen molar-refractivity contribution in [2.75, 3.05) is 7.05 Å². The van der Waals surface area contributed by atoms with E-state index < -0.39 is 5.82 Å². The van der Waals surface area contributed by atoms with Gasteiger partial charge in [0.15, 0.2) is 5.82 Å². The molecule has 0 saturated heterocycles. The maximum Gasteiger partial charge on any atom is 0.160 e. The van der Waals surface area contributed by atoms with Gasteiger partial charge in [0.25, 0.3) is 0 Å². The second-order valence-electron chi connectivity index (χ2n) is 4.59. The maximum atomic E-state index is 13.4. The van der Waals surface area contributed by atoms with E-state index in [1.54, 1.807) is 23.5 Å². The van der Waals surface area contributed by atoms with Gasteiger partial charge >= 0.3 is 0 Å². The van der Waals surface area contributed by atoms with Gasteiger partial charge in [-0.05, 0) is 43.3 Å². The molecular formula is C15H16Cl2FNS. The van der Waals surface area contributed by atoms with Crippen LogP contribution in [0.5, 0.6) is 0 Å². The van der Waals surface area contributed by atoms with E-state index in [1.165, 1.54) is 4.88 Å². The van der Waals surface area contributed by atoms with Gasteiger partial charge in [0.1, 0.15) is 0 Å². The Hall–Kier alpha value is -0.610. The van der Waals surface area contributed by atoms with Crippen molar-refractivity contribution < 1.29 is 4.39 Å². The number of hydrogen-bond donors (Lipinski definition) is 1. The molecule has 1 unspecified atom stereocenters. The summed E-state index contributed by atoms with van der Waals surface area (Å²) in [6, 6.07) is 7.71. The highest BCUT2D eigenvalue weighted by Crippen LogP contribution is 2.36. The lowest BCUT2D eigenvalue weighted by Crippen LogP contribution is -2.14. The number of nitrogens with one attached hydrogen (secondary N) is 1. The molecule has 1 atom stereocenters. The fraction of sp³-hybridized carbons (Fsp3) is 0.333. The van der Waals surface area contributed by atoms with Crippen molar-refractivity contribution in [3.8, 4) is 10.4 Å². The molecule has 0 aliphatic heterocycles. The Morgan fingerprint density at radius 3 is 2.45 bits per heavy atom. The van der Waals surface area contributed by atoms with Crippen molar-refractivity contribution in [1.82, 2.24) is 5.32 Å². The van der Waals surface area contributed by atoms with Crippen LogP contribution >= 0.6 is 34.5 Å². The molecule has 0 aliphatic rings. The number of halogens is 3. The Morgan fingerprint density at radius 1 is 1.25 bits per heavy atom. The second-order valence-corrected chi connectivity index (χ2v) is 6.52. The molecule has 0 radical (unpaired) electrons. The second kappa shape index (κ2) is 6.90. The molecule has 0 spiro atoms. The summed E-state index contributed by atoms with van der Waals surface area (Å²) >= 11 is 13.4. The van der Waals surface area contributed by atoms with Crippen LogP contribution in [0.2, 0.25) is 10.0 Å². The van der Waals surface area contributed by atoms with E-state index in [1.807, 2.05) is 13.1 Å². The number of rotatable bonds is 5. The summed E-state index contributed by atoms with van der Waals surface area (Å²) in [6.45, 7) is 2.17. The minimum Gasteiger partial charge on any atom is -0.312 e. The third kappa shape index (κ3) is 3.34. The van der Waals surface area contributed by atoms with Gasteiger partial charge in [-0.15, -0.1) is 11.3 Å². The van der Waals surface area contributed by atoms with Crippen LogP contribution in [0, 0.1) is 5.82 Å². The molecule has 0 bridgehead atoms. The zero-order valence-corrected chi connectivity index (χ0v) is 13.7. The molecule has 2 aromatic rings. The van der Waals surface area contributed by atoms with E-state index in [-0.39, 0.29) is 10.0 Å². The molecule has 108 valence electrons. The number of benzene rings is 1. The van der Waals surface area contributed by atoms with Gasteiger partial charge in [0.2, 0.25) is 0 Å². The Morgan fingerprint density at radius 2 is 1.90 bits per heavy atom. The van der Waals surface area contributed by atoms with Crippen LogP contribution < -0.4 is 5.32 Å². The van der Waals surface area contributed by atoms with Crippen LogP contribution in [0.3, 0.4) is 0 Å². The van der Waals surface area contributed by atoms with Gasteiger partial charge in [-0.1, -0.05) is 36.5 Å². The first kappa shape index (κ1) is 15.8. The van der Waals surface area contributed by atoms with Crippen LogP contribution in [0.25, 0.3) is 10.4 Å². The number of hydrogen-bond acceptors (Lipinski definition) is 2. The quantitative estimate of drug-likeness (QED) is 0.670. The van der Waals surface area contributed by atoms with Crippen molar-refractivity contribution in [2.24, 2.45) is 0 Å². The number of thiophene rings is 1. The summed E-state index contributed by atoms with van der Waals surface area (Å²) in [4.78, 5) is 2.31. The third-order valence-electron chi connectivity index (χ3n) is 3.16. The van der Waals surface area contributed by atoms with E-state index in [0.717, 1.165) is 23.3 Å². The van der Waals surface area contributed by atoms with Crippen LogP contribution in [-0.4, -0.2) is 7.05 Å². The Kier molecular flexibility index (Phi) is 5.44. The normalized spacial score (nSPS) is 12.7. The molecule has 2 rings (SSSR count). The lowest BCUT2D eigenvalue weighted by atomic mass is 10.1. The van der Waals surface area contributed by atoms with Gasteiger partial charge in [0.05, 0.1) is 10.0 Å². The molecule has 1 N–H and O–H groups in total. The van der Waals surface area contributed by atoms with Crippen LogP contribution in [0.4, 0.5) is 4.39 Å². The smallest absolute Gasteiger partial charge is 0.160 e. The third-order valence-corrected chi connectivity index (χ3v) is 4.96. The first-order chi connectivity index (χ1) is 9.56. The molecular weight excluding hydrogens is 316 g/mol. The predicted octanol–water partition coefficient (Wildman–Crippen LogP) is 5.92. The van der Waals surface area contributed by atoms with Gasteiger partial charge in [-0.25, -0.2) is 4.39 Å². The summed E-state index contributed by atoms with van der Waals surface area (Å²) < 4.78 is 13.4. The van der Waals surface area contributed by atoms with Crippen LogP contribution in [0.1, 0.15) is 30.7 Å². The molecule has 0 fully saturated rings.